The fourth-order valence-electron chi connectivity index (χ4n) is 2.75. The first-order chi connectivity index (χ1) is 13.2. The van der Waals surface area contributed by atoms with Gasteiger partial charge in [-0.3, -0.25) is 9.78 Å². The summed E-state index contributed by atoms with van der Waals surface area (Å²) in [5.41, 5.74) is 2.16. The number of nitrogens with zero attached hydrogens (tertiary/aromatic N) is 1. The lowest BCUT2D eigenvalue weighted by molar-refractivity contribution is -0.147. The number of amides is 1. The van der Waals surface area contributed by atoms with Crippen molar-refractivity contribution < 1.29 is 19.1 Å². The summed E-state index contributed by atoms with van der Waals surface area (Å²) in [6, 6.07) is 9.03. The minimum absolute atomic E-state index is 0. The van der Waals surface area contributed by atoms with Gasteiger partial charge in [-0.1, -0.05) is 19.9 Å². The van der Waals surface area contributed by atoms with Crippen molar-refractivity contribution in [2.45, 2.75) is 46.1 Å². The minimum atomic E-state index is -0.717. The second kappa shape index (κ2) is 10.8. The van der Waals surface area contributed by atoms with Gasteiger partial charge in [-0.2, -0.15) is 0 Å². The summed E-state index contributed by atoms with van der Waals surface area (Å²) in [6.07, 6.45) is 3.10. The predicted molar refractivity (Wildman–Crippen MR) is 115 cm³/mol. The molecule has 158 valence electrons. The lowest BCUT2D eigenvalue weighted by Crippen LogP contribution is -2.47. The molecule has 0 aliphatic rings. The quantitative estimate of drug-likeness (QED) is 0.651. The van der Waals surface area contributed by atoms with Crippen molar-refractivity contribution in [1.82, 2.24) is 10.3 Å². The molecule has 29 heavy (non-hydrogen) atoms. The van der Waals surface area contributed by atoms with Crippen molar-refractivity contribution in [1.29, 1.82) is 0 Å². The van der Waals surface area contributed by atoms with Gasteiger partial charge in [-0.15, -0.1) is 12.4 Å². The molecule has 7 heteroatoms. The van der Waals surface area contributed by atoms with Crippen LogP contribution < -0.4 is 10.1 Å². The highest BCUT2D eigenvalue weighted by molar-refractivity contribution is 5.94. The predicted octanol–water partition coefficient (Wildman–Crippen LogP) is 4.07. The molecular weight excluding hydrogens is 392 g/mol. The zero-order valence-corrected chi connectivity index (χ0v) is 18.3. The SMILES string of the molecule is Cc1cc(OCC(=O)OCC(C)(C)NC(=O)c2ccncc2)ccc1C(C)C.Cl. The van der Waals surface area contributed by atoms with Crippen LogP contribution in [0.2, 0.25) is 0 Å². The molecule has 0 atom stereocenters. The van der Waals surface area contributed by atoms with Gasteiger partial charge in [0, 0.05) is 18.0 Å². The van der Waals surface area contributed by atoms with Gasteiger partial charge in [0.25, 0.3) is 5.91 Å². The average molecular weight is 421 g/mol. The first-order valence-electron chi connectivity index (χ1n) is 9.29. The fourth-order valence-corrected chi connectivity index (χ4v) is 2.75. The summed E-state index contributed by atoms with van der Waals surface area (Å²) >= 11 is 0. The van der Waals surface area contributed by atoms with Gasteiger partial charge in [-0.25, -0.2) is 4.79 Å². The van der Waals surface area contributed by atoms with E-state index in [1.807, 2.05) is 25.1 Å². The van der Waals surface area contributed by atoms with Gasteiger partial charge >= 0.3 is 5.97 Å². The Balaban J connectivity index is 0.00000420. The highest BCUT2D eigenvalue weighted by atomic mass is 35.5. The standard InChI is InChI=1S/C22H28N2O4.ClH/c1-15(2)19-7-6-18(12-16(19)3)27-13-20(25)28-14-22(4,5)24-21(26)17-8-10-23-11-9-17;/h6-12,15H,13-14H2,1-5H3,(H,24,26);1H. The van der Waals surface area contributed by atoms with Crippen LogP contribution in [-0.4, -0.2) is 35.6 Å². The molecule has 1 heterocycles. The maximum absolute atomic E-state index is 12.2. The Labute approximate surface area is 178 Å². The molecule has 0 unspecified atom stereocenters. The molecule has 0 fully saturated rings. The van der Waals surface area contributed by atoms with Crippen LogP contribution >= 0.6 is 12.4 Å². The first kappa shape index (κ1) is 24.4. The second-order valence-corrected chi connectivity index (χ2v) is 7.70. The molecule has 6 nitrogen and oxygen atoms in total. The number of halogens is 1. The molecule has 0 saturated carbocycles. The van der Waals surface area contributed by atoms with Crippen molar-refractivity contribution in [2.75, 3.05) is 13.2 Å². The van der Waals surface area contributed by atoms with E-state index in [0.717, 1.165) is 5.56 Å². The van der Waals surface area contributed by atoms with E-state index in [0.29, 0.717) is 17.2 Å². The number of hydrogen-bond acceptors (Lipinski definition) is 5. The molecule has 1 amide bonds. The van der Waals surface area contributed by atoms with Crippen LogP contribution in [0.3, 0.4) is 0 Å². The van der Waals surface area contributed by atoms with Crippen LogP contribution in [0.5, 0.6) is 5.75 Å². The fraction of sp³-hybridized carbons (Fsp3) is 0.409. The third kappa shape index (κ3) is 7.74. The van der Waals surface area contributed by atoms with Crippen LogP contribution in [0.15, 0.2) is 42.7 Å². The van der Waals surface area contributed by atoms with Gasteiger partial charge in [0.05, 0.1) is 5.54 Å². The van der Waals surface area contributed by atoms with E-state index in [1.165, 1.54) is 5.56 Å². The van der Waals surface area contributed by atoms with Crippen LogP contribution in [0.25, 0.3) is 0 Å². The number of carbonyl (C=O) groups excluding carboxylic acids is 2. The lowest BCUT2D eigenvalue weighted by Gasteiger charge is -2.25. The van der Waals surface area contributed by atoms with Crippen LogP contribution in [0.1, 0.15) is 55.1 Å². The number of esters is 1. The number of ether oxygens (including phenoxy) is 2. The van der Waals surface area contributed by atoms with Gasteiger partial charge in [0.2, 0.25) is 0 Å². The Bertz CT molecular complexity index is 823. The minimum Gasteiger partial charge on any atom is -0.482 e. The smallest absolute Gasteiger partial charge is 0.344 e. The molecule has 1 aromatic carbocycles. The largest absolute Gasteiger partial charge is 0.482 e. The molecule has 0 aliphatic heterocycles. The highest BCUT2D eigenvalue weighted by Gasteiger charge is 2.23. The molecule has 2 aromatic rings. The zero-order valence-electron chi connectivity index (χ0n) is 17.5. The summed E-state index contributed by atoms with van der Waals surface area (Å²) in [5, 5.41) is 2.84. The Kier molecular flexibility index (Phi) is 9.11. The van der Waals surface area contributed by atoms with Crippen LogP contribution in [-0.2, 0) is 9.53 Å². The summed E-state index contributed by atoms with van der Waals surface area (Å²) in [4.78, 5) is 28.1. The van der Waals surface area contributed by atoms with Crippen LogP contribution in [0, 0.1) is 6.92 Å². The Morgan fingerprint density at radius 3 is 2.38 bits per heavy atom. The van der Waals surface area contributed by atoms with E-state index in [1.54, 1.807) is 38.4 Å². The van der Waals surface area contributed by atoms with Gasteiger partial charge in [-0.05, 0) is 62.1 Å². The van der Waals surface area contributed by atoms with Gasteiger partial charge < -0.3 is 14.8 Å². The molecule has 0 spiro atoms. The molecular formula is C22H29ClN2O4. The number of aromatic nitrogens is 1. The molecule has 0 aliphatic carbocycles. The topological polar surface area (TPSA) is 77.5 Å². The van der Waals surface area contributed by atoms with E-state index in [9.17, 15) is 9.59 Å². The molecule has 1 aromatic heterocycles. The van der Waals surface area contributed by atoms with Crippen molar-refractivity contribution in [2.24, 2.45) is 0 Å². The number of aryl methyl sites for hydroxylation is 1. The van der Waals surface area contributed by atoms with Gasteiger partial charge in [0.15, 0.2) is 6.61 Å². The number of rotatable bonds is 8. The molecule has 0 saturated heterocycles. The van der Waals surface area contributed by atoms with Crippen molar-refractivity contribution in [3.05, 3.63) is 59.4 Å². The third-order valence-corrected chi connectivity index (χ3v) is 4.21. The molecule has 1 N–H and O–H groups in total. The summed E-state index contributed by atoms with van der Waals surface area (Å²) in [5.74, 6) is 0.324. The molecule has 0 radical (unpaired) electrons. The Hall–Kier alpha value is -2.60. The number of carbonyl (C=O) groups is 2. The molecule has 0 bridgehead atoms. The Morgan fingerprint density at radius 1 is 1.14 bits per heavy atom. The van der Waals surface area contributed by atoms with Crippen molar-refractivity contribution in [3.8, 4) is 5.75 Å². The average Bonchev–Trinajstić information content (AvgIpc) is 2.65. The number of pyridine rings is 1. The van der Waals surface area contributed by atoms with E-state index in [4.69, 9.17) is 9.47 Å². The monoisotopic (exact) mass is 420 g/mol. The number of hydrogen-bond donors (Lipinski definition) is 1. The lowest BCUT2D eigenvalue weighted by atomic mass is 9.98. The molecule has 2 rings (SSSR count). The van der Waals surface area contributed by atoms with E-state index in [-0.39, 0.29) is 31.5 Å². The van der Waals surface area contributed by atoms with E-state index in [2.05, 4.69) is 24.1 Å². The maximum atomic E-state index is 12.2. The third-order valence-electron chi connectivity index (χ3n) is 4.21. The second-order valence-electron chi connectivity index (χ2n) is 7.70. The number of nitrogens with one attached hydrogen (secondary N) is 1. The summed E-state index contributed by atoms with van der Waals surface area (Å²) in [7, 11) is 0. The normalized spacial score (nSPS) is 10.8. The van der Waals surface area contributed by atoms with Crippen molar-refractivity contribution >= 4 is 24.3 Å². The van der Waals surface area contributed by atoms with Crippen molar-refractivity contribution in [3.63, 3.8) is 0 Å². The number of benzene rings is 1. The maximum Gasteiger partial charge on any atom is 0.344 e. The summed E-state index contributed by atoms with van der Waals surface area (Å²) < 4.78 is 10.8. The van der Waals surface area contributed by atoms with E-state index < -0.39 is 11.5 Å². The van der Waals surface area contributed by atoms with Gasteiger partial charge in [0.1, 0.15) is 12.4 Å². The summed E-state index contributed by atoms with van der Waals surface area (Å²) in [6.45, 7) is 9.72. The highest BCUT2D eigenvalue weighted by Crippen LogP contribution is 2.23. The van der Waals surface area contributed by atoms with Crippen LogP contribution in [0.4, 0.5) is 0 Å². The zero-order chi connectivity index (χ0) is 20.7. The first-order valence-corrected chi connectivity index (χ1v) is 9.29. The Morgan fingerprint density at radius 2 is 1.79 bits per heavy atom. The van der Waals surface area contributed by atoms with E-state index >= 15 is 0 Å².